The molecule has 1 atom stereocenters. The van der Waals surface area contributed by atoms with Crippen molar-refractivity contribution in [1.82, 2.24) is 14.9 Å². The van der Waals surface area contributed by atoms with Crippen LogP contribution >= 0.6 is 0 Å². The molecular weight excluding hydrogens is 262 g/mol. The molecule has 0 radical (unpaired) electrons. The van der Waals surface area contributed by atoms with Crippen LogP contribution in [0, 0.1) is 6.92 Å². The monoisotopic (exact) mass is 283 g/mol. The minimum Gasteiger partial charge on any atom is -0.342 e. The van der Waals surface area contributed by atoms with Gasteiger partial charge in [-0.05, 0) is 26.3 Å². The van der Waals surface area contributed by atoms with Crippen LogP contribution in [0.4, 0.5) is 0 Å². The number of rotatable bonds is 3. The lowest BCUT2D eigenvalue weighted by Gasteiger charge is -2.20. The van der Waals surface area contributed by atoms with Crippen molar-refractivity contribution >= 4 is 5.91 Å². The second kappa shape index (κ2) is 5.35. The fourth-order valence-electron chi connectivity index (χ4n) is 2.84. The minimum absolute atomic E-state index is 0.180. The van der Waals surface area contributed by atoms with E-state index >= 15 is 0 Å². The number of nitrogens with one attached hydrogen (secondary N) is 1. The molecule has 1 fully saturated rings. The summed E-state index contributed by atoms with van der Waals surface area (Å²) in [5.74, 6) is 1.32. The second-order valence-electron chi connectivity index (χ2n) is 6.09. The summed E-state index contributed by atoms with van der Waals surface area (Å²) in [7, 11) is 0. The largest absolute Gasteiger partial charge is 0.342 e. The summed E-state index contributed by atoms with van der Waals surface area (Å²) in [5.41, 5.74) is 3.39. The molecule has 21 heavy (non-hydrogen) atoms. The maximum absolute atomic E-state index is 12.0. The van der Waals surface area contributed by atoms with Gasteiger partial charge in [-0.3, -0.25) is 4.79 Å². The van der Waals surface area contributed by atoms with Crippen LogP contribution < -0.4 is 0 Å². The van der Waals surface area contributed by atoms with Crippen molar-refractivity contribution in [3.63, 3.8) is 0 Å². The van der Waals surface area contributed by atoms with Crippen molar-refractivity contribution < 1.29 is 4.79 Å². The lowest BCUT2D eigenvalue weighted by Crippen LogP contribution is -2.31. The SMILES string of the molecule is Cc1ccc(-c2cnc(C3CC(=O)N(C(C)C)C3)[nH]2)cc1. The first kappa shape index (κ1) is 13.9. The zero-order chi connectivity index (χ0) is 15.0. The summed E-state index contributed by atoms with van der Waals surface area (Å²) in [4.78, 5) is 21.8. The molecule has 1 aliphatic heterocycles. The number of benzene rings is 1. The fraction of sp³-hybridized carbons (Fsp3) is 0.412. The number of amides is 1. The first-order valence-corrected chi connectivity index (χ1v) is 7.46. The molecular formula is C17H21N3O. The lowest BCUT2D eigenvalue weighted by molar-refractivity contribution is -0.129. The average Bonchev–Trinajstić information content (AvgIpc) is 3.06. The van der Waals surface area contributed by atoms with E-state index in [1.807, 2.05) is 11.1 Å². The number of likely N-dealkylation sites (tertiary alicyclic amines) is 1. The van der Waals surface area contributed by atoms with Crippen LogP contribution in [0.5, 0.6) is 0 Å². The number of aromatic amines is 1. The summed E-state index contributed by atoms with van der Waals surface area (Å²) in [6.07, 6.45) is 2.42. The maximum Gasteiger partial charge on any atom is 0.223 e. The van der Waals surface area contributed by atoms with E-state index in [4.69, 9.17) is 0 Å². The predicted molar refractivity (Wildman–Crippen MR) is 83.0 cm³/mol. The van der Waals surface area contributed by atoms with E-state index in [1.165, 1.54) is 5.56 Å². The third kappa shape index (κ3) is 2.71. The Balaban J connectivity index is 1.80. The molecule has 0 aliphatic carbocycles. The van der Waals surface area contributed by atoms with Gasteiger partial charge in [0.15, 0.2) is 0 Å². The van der Waals surface area contributed by atoms with Gasteiger partial charge in [0, 0.05) is 24.9 Å². The van der Waals surface area contributed by atoms with Crippen LogP contribution in [-0.4, -0.2) is 33.4 Å². The van der Waals surface area contributed by atoms with Gasteiger partial charge >= 0.3 is 0 Å². The Morgan fingerprint density at radius 1 is 1.29 bits per heavy atom. The van der Waals surface area contributed by atoms with Gasteiger partial charge in [0.25, 0.3) is 0 Å². The highest BCUT2D eigenvalue weighted by molar-refractivity contribution is 5.79. The molecule has 4 heteroatoms. The number of nitrogens with zero attached hydrogens (tertiary/aromatic N) is 2. The lowest BCUT2D eigenvalue weighted by atomic mass is 10.1. The fourth-order valence-corrected chi connectivity index (χ4v) is 2.84. The third-order valence-electron chi connectivity index (χ3n) is 4.13. The van der Waals surface area contributed by atoms with Gasteiger partial charge in [0.1, 0.15) is 5.82 Å². The zero-order valence-corrected chi connectivity index (χ0v) is 12.8. The molecule has 2 heterocycles. The Morgan fingerprint density at radius 3 is 2.62 bits per heavy atom. The average molecular weight is 283 g/mol. The van der Waals surface area contributed by atoms with E-state index in [0.29, 0.717) is 6.42 Å². The number of hydrogen-bond donors (Lipinski definition) is 1. The molecule has 110 valence electrons. The molecule has 1 aromatic carbocycles. The number of carbonyl (C=O) groups excluding carboxylic acids is 1. The van der Waals surface area contributed by atoms with Crippen molar-refractivity contribution in [2.75, 3.05) is 6.54 Å². The van der Waals surface area contributed by atoms with Gasteiger partial charge in [0.05, 0.1) is 11.9 Å². The van der Waals surface area contributed by atoms with Gasteiger partial charge in [-0.1, -0.05) is 29.8 Å². The first-order chi connectivity index (χ1) is 10.0. The van der Waals surface area contributed by atoms with Gasteiger partial charge in [-0.25, -0.2) is 4.98 Å². The van der Waals surface area contributed by atoms with E-state index in [0.717, 1.165) is 23.6 Å². The quantitative estimate of drug-likeness (QED) is 0.941. The highest BCUT2D eigenvalue weighted by atomic mass is 16.2. The molecule has 1 aliphatic rings. The van der Waals surface area contributed by atoms with Crippen molar-refractivity contribution in [2.24, 2.45) is 0 Å². The number of H-pyrrole nitrogens is 1. The number of carbonyl (C=O) groups is 1. The highest BCUT2D eigenvalue weighted by Crippen LogP contribution is 2.29. The Morgan fingerprint density at radius 2 is 2.00 bits per heavy atom. The number of imidazole rings is 1. The molecule has 1 amide bonds. The molecule has 4 nitrogen and oxygen atoms in total. The van der Waals surface area contributed by atoms with E-state index in [1.54, 1.807) is 0 Å². The Kier molecular flexibility index (Phi) is 3.53. The maximum atomic E-state index is 12.0. The number of aromatic nitrogens is 2. The molecule has 0 saturated carbocycles. The standard InChI is InChI=1S/C17H21N3O/c1-11(2)20-10-14(8-16(20)21)17-18-9-15(19-17)13-6-4-12(3)5-7-13/h4-7,9,11,14H,8,10H2,1-3H3,(H,18,19). The van der Waals surface area contributed by atoms with E-state index in [2.05, 4.69) is 55.0 Å². The minimum atomic E-state index is 0.180. The zero-order valence-electron chi connectivity index (χ0n) is 12.8. The Bertz CT molecular complexity index is 642. The molecule has 2 aromatic rings. The van der Waals surface area contributed by atoms with Crippen LogP contribution in [0.25, 0.3) is 11.3 Å². The van der Waals surface area contributed by atoms with Gasteiger partial charge in [-0.2, -0.15) is 0 Å². The summed E-state index contributed by atoms with van der Waals surface area (Å²) < 4.78 is 0. The molecule has 1 aromatic heterocycles. The molecule has 1 N–H and O–H groups in total. The second-order valence-corrected chi connectivity index (χ2v) is 6.09. The van der Waals surface area contributed by atoms with E-state index in [-0.39, 0.29) is 17.9 Å². The molecule has 1 saturated heterocycles. The molecule has 1 unspecified atom stereocenters. The molecule has 0 bridgehead atoms. The van der Waals surface area contributed by atoms with Crippen molar-refractivity contribution in [1.29, 1.82) is 0 Å². The third-order valence-corrected chi connectivity index (χ3v) is 4.13. The smallest absolute Gasteiger partial charge is 0.223 e. The van der Waals surface area contributed by atoms with Crippen molar-refractivity contribution in [3.8, 4) is 11.3 Å². The van der Waals surface area contributed by atoms with Crippen LogP contribution in [0.1, 0.15) is 37.6 Å². The molecule has 3 rings (SSSR count). The topological polar surface area (TPSA) is 49.0 Å². The highest BCUT2D eigenvalue weighted by Gasteiger charge is 2.33. The predicted octanol–water partition coefficient (Wildman–Crippen LogP) is 3.11. The number of hydrogen-bond acceptors (Lipinski definition) is 2. The van der Waals surface area contributed by atoms with Crippen molar-refractivity contribution in [3.05, 3.63) is 41.9 Å². The first-order valence-electron chi connectivity index (χ1n) is 7.46. The summed E-state index contributed by atoms with van der Waals surface area (Å²) >= 11 is 0. The van der Waals surface area contributed by atoms with Crippen LogP contribution in [0.2, 0.25) is 0 Å². The van der Waals surface area contributed by atoms with E-state index < -0.39 is 0 Å². The van der Waals surface area contributed by atoms with Gasteiger partial charge in [0.2, 0.25) is 5.91 Å². The summed E-state index contributed by atoms with van der Waals surface area (Å²) in [5, 5.41) is 0. The van der Waals surface area contributed by atoms with E-state index in [9.17, 15) is 4.79 Å². The van der Waals surface area contributed by atoms with Gasteiger partial charge in [-0.15, -0.1) is 0 Å². The van der Waals surface area contributed by atoms with Crippen LogP contribution in [-0.2, 0) is 4.79 Å². The van der Waals surface area contributed by atoms with Crippen LogP contribution in [0.15, 0.2) is 30.5 Å². The van der Waals surface area contributed by atoms with Gasteiger partial charge < -0.3 is 9.88 Å². The number of aryl methyl sites for hydroxylation is 1. The molecule has 0 spiro atoms. The Hall–Kier alpha value is -2.10. The summed E-state index contributed by atoms with van der Waals surface area (Å²) in [6, 6.07) is 8.62. The van der Waals surface area contributed by atoms with Crippen LogP contribution in [0.3, 0.4) is 0 Å². The normalized spacial score (nSPS) is 18.8. The summed E-state index contributed by atoms with van der Waals surface area (Å²) in [6.45, 7) is 6.95. The Labute approximate surface area is 125 Å². The van der Waals surface area contributed by atoms with Crippen molar-refractivity contribution in [2.45, 2.75) is 39.2 Å².